The molecule has 0 aromatic carbocycles. The van der Waals surface area contributed by atoms with Gasteiger partial charge in [-0.2, -0.15) is 0 Å². The zero-order valence-electron chi connectivity index (χ0n) is 15.3. The van der Waals surface area contributed by atoms with Gasteiger partial charge in [0.15, 0.2) is 0 Å². The first-order valence-corrected chi connectivity index (χ1v) is 11.2. The van der Waals surface area contributed by atoms with Crippen LogP contribution in [0.25, 0.3) is 0 Å². The molecule has 0 aliphatic carbocycles. The number of hydrogen-bond donors (Lipinski definition) is 1. The Morgan fingerprint density at radius 3 is 1.44 bits per heavy atom. The molecule has 0 aromatic rings. The van der Waals surface area contributed by atoms with E-state index in [-0.39, 0.29) is 0 Å². The minimum atomic E-state index is 0.307. The van der Waals surface area contributed by atoms with Crippen molar-refractivity contribution in [2.24, 2.45) is 0 Å². The average Bonchev–Trinajstić information content (AvgIpc) is 3.39. The Kier molecular flexibility index (Phi) is 14.7. The Hall–Kier alpha value is -0.900. The number of thiol groups is 1. The van der Waals surface area contributed by atoms with Gasteiger partial charge in [0.2, 0.25) is 0 Å². The van der Waals surface area contributed by atoms with Gasteiger partial charge in [-0.3, -0.25) is 0 Å². The Balaban J connectivity index is 1.91. The lowest BCUT2D eigenvalue weighted by Crippen LogP contribution is -1.83. The van der Waals surface area contributed by atoms with E-state index >= 15 is 0 Å². The molecule has 0 radical (unpaired) electrons. The molecular formula is C22H32OS2. The molecule has 0 amide bonds. The van der Waals surface area contributed by atoms with Gasteiger partial charge in [-0.25, -0.2) is 0 Å². The maximum Gasteiger partial charge on any atom is 0.139 e. The first-order valence-electron chi connectivity index (χ1n) is 9.24. The molecule has 1 rings (SSSR count). The normalized spacial score (nSPS) is 21.4. The fourth-order valence-corrected chi connectivity index (χ4v) is 3.13. The van der Waals surface area contributed by atoms with Gasteiger partial charge in [-0.05, 0) is 44.9 Å². The van der Waals surface area contributed by atoms with Crippen molar-refractivity contribution in [2.45, 2.75) is 63.4 Å². The molecule has 1 aliphatic rings. The SMILES string of the molecule is CCC=CCC=CCC=CCC=CCC=CCC=CCC1OC1SS. The van der Waals surface area contributed by atoms with Crippen LogP contribution in [0.5, 0.6) is 0 Å². The summed E-state index contributed by atoms with van der Waals surface area (Å²) in [4.78, 5) is 0. The van der Waals surface area contributed by atoms with Crippen molar-refractivity contribution in [3.8, 4) is 0 Å². The number of epoxide rings is 1. The van der Waals surface area contributed by atoms with Crippen molar-refractivity contribution in [3.63, 3.8) is 0 Å². The molecule has 3 heteroatoms. The van der Waals surface area contributed by atoms with Gasteiger partial charge < -0.3 is 4.74 Å². The zero-order chi connectivity index (χ0) is 18.0. The molecule has 1 heterocycles. The van der Waals surface area contributed by atoms with Crippen LogP contribution in [0.3, 0.4) is 0 Å². The van der Waals surface area contributed by atoms with E-state index in [9.17, 15) is 0 Å². The van der Waals surface area contributed by atoms with E-state index in [1.54, 1.807) is 0 Å². The van der Waals surface area contributed by atoms with E-state index < -0.39 is 0 Å². The molecule has 1 nitrogen and oxygen atoms in total. The average molecular weight is 377 g/mol. The summed E-state index contributed by atoms with van der Waals surface area (Å²) < 4.78 is 5.40. The van der Waals surface area contributed by atoms with Crippen LogP contribution in [-0.4, -0.2) is 11.5 Å². The van der Waals surface area contributed by atoms with Crippen LogP contribution in [0, 0.1) is 0 Å². The predicted molar refractivity (Wildman–Crippen MR) is 118 cm³/mol. The Labute approximate surface area is 163 Å². The third kappa shape index (κ3) is 14.0. The first kappa shape index (κ1) is 22.1. The van der Waals surface area contributed by atoms with E-state index in [1.807, 2.05) is 0 Å². The summed E-state index contributed by atoms with van der Waals surface area (Å²) in [5.74, 6) is 0. The van der Waals surface area contributed by atoms with Crippen LogP contribution in [-0.2, 0) is 4.74 Å². The fraction of sp³-hybridized carbons (Fsp3) is 0.455. The van der Waals surface area contributed by atoms with Gasteiger partial charge in [0.25, 0.3) is 0 Å². The maximum absolute atomic E-state index is 5.40. The highest BCUT2D eigenvalue weighted by Gasteiger charge is 2.37. The summed E-state index contributed by atoms with van der Waals surface area (Å²) in [7, 11) is 1.50. The number of rotatable bonds is 14. The van der Waals surface area contributed by atoms with Crippen molar-refractivity contribution in [1.29, 1.82) is 0 Å². The summed E-state index contributed by atoms with van der Waals surface area (Å²) in [6.45, 7) is 2.16. The highest BCUT2D eigenvalue weighted by atomic mass is 33.1. The second-order valence-corrected chi connectivity index (χ2v) is 7.11. The van der Waals surface area contributed by atoms with Crippen LogP contribution >= 0.6 is 22.5 Å². The number of ether oxygens (including phenoxy) is 1. The van der Waals surface area contributed by atoms with Gasteiger partial charge in [-0.1, -0.05) is 90.6 Å². The van der Waals surface area contributed by atoms with Crippen molar-refractivity contribution in [2.75, 3.05) is 0 Å². The molecular weight excluding hydrogens is 344 g/mol. The Morgan fingerprint density at radius 2 is 1.08 bits per heavy atom. The number of hydrogen-bond acceptors (Lipinski definition) is 3. The molecule has 0 saturated carbocycles. The van der Waals surface area contributed by atoms with Crippen molar-refractivity contribution in [3.05, 3.63) is 72.9 Å². The largest absolute Gasteiger partial charge is 0.357 e. The summed E-state index contributed by atoms with van der Waals surface area (Å²) >= 11 is 4.14. The monoisotopic (exact) mass is 376 g/mol. The standard InChI is InChI=1S/C22H32OS2/c1-2-3-4-5-6-7-8-9-10-11-12-13-14-15-16-17-18-19-20-21-22(23-21)25-24/h3-4,6-7,9-10,12-13,15-16,18-19,21-22,24H,2,5,8,11,14,17,20H2,1H3. The third-order valence-corrected chi connectivity index (χ3v) is 4.85. The third-order valence-electron chi connectivity index (χ3n) is 3.60. The van der Waals surface area contributed by atoms with Gasteiger partial charge in [0.1, 0.15) is 5.44 Å². The second kappa shape index (κ2) is 16.6. The van der Waals surface area contributed by atoms with Crippen molar-refractivity contribution >= 4 is 22.5 Å². The smallest absolute Gasteiger partial charge is 0.139 e. The Bertz CT molecular complexity index is 486. The molecule has 1 fully saturated rings. The molecule has 2 atom stereocenters. The number of allylic oxidation sites excluding steroid dienone is 11. The van der Waals surface area contributed by atoms with Crippen LogP contribution in [0.15, 0.2) is 72.9 Å². The zero-order valence-corrected chi connectivity index (χ0v) is 17.0. The van der Waals surface area contributed by atoms with E-state index in [4.69, 9.17) is 4.74 Å². The molecule has 138 valence electrons. The van der Waals surface area contributed by atoms with Crippen LogP contribution in [0.2, 0.25) is 0 Å². The molecule has 0 N–H and O–H groups in total. The van der Waals surface area contributed by atoms with Crippen molar-refractivity contribution < 1.29 is 4.74 Å². The highest BCUT2D eigenvalue weighted by Crippen LogP contribution is 2.37. The highest BCUT2D eigenvalue weighted by molar-refractivity contribution is 8.68. The minimum absolute atomic E-state index is 0.307. The topological polar surface area (TPSA) is 12.5 Å². The van der Waals surface area contributed by atoms with Gasteiger partial charge >= 0.3 is 0 Å². The lowest BCUT2D eigenvalue weighted by Gasteiger charge is -1.86. The van der Waals surface area contributed by atoms with E-state index in [0.29, 0.717) is 11.5 Å². The molecule has 25 heavy (non-hydrogen) atoms. The van der Waals surface area contributed by atoms with Gasteiger partial charge in [0, 0.05) is 0 Å². The lowest BCUT2D eigenvalue weighted by atomic mass is 10.2. The molecule has 0 spiro atoms. The van der Waals surface area contributed by atoms with Crippen LogP contribution in [0.1, 0.15) is 51.9 Å². The maximum atomic E-state index is 5.40. The van der Waals surface area contributed by atoms with E-state index in [2.05, 4.69) is 91.5 Å². The summed E-state index contributed by atoms with van der Waals surface area (Å²) in [5.41, 5.74) is 0.307. The van der Waals surface area contributed by atoms with E-state index in [0.717, 1.165) is 44.9 Å². The van der Waals surface area contributed by atoms with Crippen LogP contribution in [0.4, 0.5) is 0 Å². The molecule has 1 saturated heterocycles. The Morgan fingerprint density at radius 1 is 0.680 bits per heavy atom. The lowest BCUT2D eigenvalue weighted by molar-refractivity contribution is 0.402. The van der Waals surface area contributed by atoms with E-state index in [1.165, 1.54) is 10.8 Å². The molecule has 0 bridgehead atoms. The molecule has 2 unspecified atom stereocenters. The fourth-order valence-electron chi connectivity index (χ4n) is 2.14. The second-order valence-electron chi connectivity index (χ2n) is 5.80. The van der Waals surface area contributed by atoms with Crippen LogP contribution < -0.4 is 0 Å². The summed E-state index contributed by atoms with van der Waals surface area (Å²) in [5, 5.41) is 0. The minimum Gasteiger partial charge on any atom is -0.357 e. The molecule has 0 aromatic heterocycles. The predicted octanol–water partition coefficient (Wildman–Crippen LogP) is 7.38. The summed E-state index contributed by atoms with van der Waals surface area (Å²) in [6, 6.07) is 0. The molecule has 1 aliphatic heterocycles. The quantitative estimate of drug-likeness (QED) is 0.147. The van der Waals surface area contributed by atoms with Crippen molar-refractivity contribution in [1.82, 2.24) is 0 Å². The van der Waals surface area contributed by atoms with Gasteiger partial charge in [-0.15, -0.1) is 11.7 Å². The van der Waals surface area contributed by atoms with Gasteiger partial charge in [0.05, 0.1) is 6.10 Å². The first-order chi connectivity index (χ1) is 12.4. The summed E-state index contributed by atoms with van der Waals surface area (Å²) in [6.07, 6.45) is 34.2.